The lowest BCUT2D eigenvalue weighted by atomic mass is 10.1. The quantitative estimate of drug-likeness (QED) is 0.902. The zero-order valence-electron chi connectivity index (χ0n) is 10.9. The number of H-pyrrole nitrogens is 1. The molecule has 3 rings (SSSR count). The fourth-order valence-corrected chi connectivity index (χ4v) is 2.26. The van der Waals surface area contributed by atoms with Crippen molar-refractivity contribution in [3.05, 3.63) is 27.8 Å². The van der Waals surface area contributed by atoms with Gasteiger partial charge in [-0.1, -0.05) is 13.8 Å². The molecule has 1 fully saturated rings. The van der Waals surface area contributed by atoms with Crippen LogP contribution < -0.4 is 10.3 Å². The van der Waals surface area contributed by atoms with Gasteiger partial charge in [-0.2, -0.15) is 9.61 Å². The number of aromatic amines is 1. The number of rotatable bonds is 3. The minimum atomic E-state index is -0.0519. The highest BCUT2D eigenvalue weighted by Crippen LogP contribution is 2.44. The molecule has 18 heavy (non-hydrogen) atoms. The first-order valence-corrected chi connectivity index (χ1v) is 6.31. The fourth-order valence-electron chi connectivity index (χ4n) is 2.26. The maximum atomic E-state index is 12.3. The molecule has 0 atom stereocenters. The van der Waals surface area contributed by atoms with E-state index >= 15 is 0 Å². The Morgan fingerprint density at radius 3 is 2.78 bits per heavy atom. The van der Waals surface area contributed by atoms with Crippen molar-refractivity contribution in [2.75, 3.05) is 7.11 Å². The van der Waals surface area contributed by atoms with Crippen LogP contribution in [0.4, 0.5) is 0 Å². The van der Waals surface area contributed by atoms with Crippen molar-refractivity contribution in [3.8, 4) is 5.75 Å². The molecule has 1 aliphatic carbocycles. The number of methoxy groups -OCH3 is 1. The molecule has 1 saturated carbocycles. The van der Waals surface area contributed by atoms with Gasteiger partial charge in [0.05, 0.1) is 7.11 Å². The number of nitrogens with one attached hydrogen (secondary N) is 1. The van der Waals surface area contributed by atoms with E-state index in [1.807, 2.05) is 13.8 Å². The number of fused-ring (bicyclic) bond motifs is 1. The highest BCUT2D eigenvalue weighted by Gasteiger charge is 2.32. The molecular weight excluding hydrogens is 230 g/mol. The summed E-state index contributed by atoms with van der Waals surface area (Å²) in [6, 6.07) is 0. The molecule has 0 spiro atoms. The maximum absolute atomic E-state index is 12.3. The van der Waals surface area contributed by atoms with Crippen molar-refractivity contribution in [3.63, 3.8) is 0 Å². The standard InChI is InChI=1S/C13H17N3O2/c1-7(2)9-6-14-12-11(18-3)10(8-4-5-8)15-16(12)13(9)17/h6-8,14H,4-5H2,1-3H3. The molecule has 0 unspecified atom stereocenters. The van der Waals surface area contributed by atoms with Gasteiger partial charge < -0.3 is 9.72 Å². The van der Waals surface area contributed by atoms with Crippen molar-refractivity contribution in [1.29, 1.82) is 0 Å². The molecule has 0 saturated heterocycles. The smallest absolute Gasteiger partial charge is 0.277 e. The van der Waals surface area contributed by atoms with Crippen molar-refractivity contribution in [2.24, 2.45) is 0 Å². The topological polar surface area (TPSA) is 59.4 Å². The van der Waals surface area contributed by atoms with Crippen molar-refractivity contribution in [2.45, 2.75) is 38.5 Å². The van der Waals surface area contributed by atoms with Crippen LogP contribution in [0.2, 0.25) is 0 Å². The highest BCUT2D eigenvalue weighted by atomic mass is 16.5. The van der Waals surface area contributed by atoms with Gasteiger partial charge >= 0.3 is 0 Å². The van der Waals surface area contributed by atoms with Crippen LogP contribution >= 0.6 is 0 Å². The monoisotopic (exact) mass is 247 g/mol. The maximum Gasteiger partial charge on any atom is 0.277 e. The summed E-state index contributed by atoms with van der Waals surface area (Å²) in [6.45, 7) is 4.00. The first kappa shape index (κ1) is 11.3. The molecule has 1 N–H and O–H groups in total. The Morgan fingerprint density at radius 1 is 1.50 bits per heavy atom. The number of hydrogen-bond donors (Lipinski definition) is 1. The summed E-state index contributed by atoms with van der Waals surface area (Å²) in [6.07, 6.45) is 4.03. The van der Waals surface area contributed by atoms with E-state index in [-0.39, 0.29) is 11.5 Å². The van der Waals surface area contributed by atoms with Gasteiger partial charge in [0.2, 0.25) is 0 Å². The predicted octanol–water partition coefficient (Wildman–Crippen LogP) is 2.03. The van der Waals surface area contributed by atoms with E-state index in [1.54, 1.807) is 13.3 Å². The second-order valence-electron chi connectivity index (χ2n) is 5.16. The number of nitrogens with zero attached hydrogens (tertiary/aromatic N) is 2. The first-order valence-electron chi connectivity index (χ1n) is 6.31. The highest BCUT2D eigenvalue weighted by molar-refractivity contribution is 5.58. The van der Waals surface area contributed by atoms with Crippen LogP contribution in [0.3, 0.4) is 0 Å². The lowest BCUT2D eigenvalue weighted by Gasteiger charge is -2.04. The van der Waals surface area contributed by atoms with E-state index in [0.717, 1.165) is 24.1 Å². The van der Waals surface area contributed by atoms with Crippen LogP contribution in [0, 0.1) is 0 Å². The number of aromatic nitrogens is 3. The predicted molar refractivity (Wildman–Crippen MR) is 68.4 cm³/mol. The Kier molecular flexibility index (Phi) is 2.43. The van der Waals surface area contributed by atoms with Crippen LogP contribution in [-0.2, 0) is 0 Å². The number of hydrogen-bond acceptors (Lipinski definition) is 3. The molecule has 5 nitrogen and oxygen atoms in total. The van der Waals surface area contributed by atoms with Gasteiger partial charge in [-0.25, -0.2) is 0 Å². The summed E-state index contributed by atoms with van der Waals surface area (Å²) < 4.78 is 6.85. The van der Waals surface area contributed by atoms with E-state index in [4.69, 9.17) is 4.74 Å². The Bertz CT molecular complexity index is 650. The minimum Gasteiger partial charge on any atom is -0.491 e. The average molecular weight is 247 g/mol. The van der Waals surface area contributed by atoms with Gasteiger partial charge in [-0.15, -0.1) is 0 Å². The van der Waals surface area contributed by atoms with Crippen molar-refractivity contribution < 1.29 is 4.74 Å². The SMILES string of the molecule is COc1c(C2CC2)nn2c(=O)c(C(C)C)c[nH]c12. The van der Waals surface area contributed by atoms with Crippen molar-refractivity contribution >= 4 is 5.65 Å². The first-order chi connectivity index (χ1) is 8.63. The third-order valence-corrected chi connectivity index (χ3v) is 3.46. The van der Waals surface area contributed by atoms with E-state index in [9.17, 15) is 4.79 Å². The minimum absolute atomic E-state index is 0.0519. The zero-order chi connectivity index (χ0) is 12.9. The Labute approximate surface area is 105 Å². The van der Waals surface area contributed by atoms with Crippen LogP contribution in [-0.4, -0.2) is 21.7 Å². The molecule has 0 aliphatic heterocycles. The Balaban J connectivity index is 2.29. The summed E-state index contributed by atoms with van der Waals surface area (Å²) in [5.41, 5.74) is 2.26. The van der Waals surface area contributed by atoms with Gasteiger partial charge in [-0.3, -0.25) is 4.79 Å². The van der Waals surface area contributed by atoms with Crippen molar-refractivity contribution in [1.82, 2.24) is 14.6 Å². The molecule has 2 aromatic heterocycles. The summed E-state index contributed by atoms with van der Waals surface area (Å²) in [7, 11) is 1.62. The lowest BCUT2D eigenvalue weighted by Crippen LogP contribution is -2.20. The molecule has 1 aliphatic rings. The summed E-state index contributed by atoms with van der Waals surface area (Å²) in [4.78, 5) is 15.5. The molecule has 2 heterocycles. The second-order valence-corrected chi connectivity index (χ2v) is 5.16. The van der Waals surface area contributed by atoms with Gasteiger partial charge in [0.1, 0.15) is 5.69 Å². The lowest BCUT2D eigenvalue weighted by molar-refractivity contribution is 0.413. The fraction of sp³-hybridized carbons (Fsp3) is 0.538. The van der Waals surface area contributed by atoms with E-state index in [1.165, 1.54) is 4.52 Å². The molecule has 2 aromatic rings. The van der Waals surface area contributed by atoms with Crippen LogP contribution in [0.5, 0.6) is 5.75 Å². The summed E-state index contributed by atoms with van der Waals surface area (Å²) in [5.74, 6) is 1.35. The van der Waals surface area contributed by atoms with Gasteiger partial charge in [-0.05, 0) is 18.8 Å². The zero-order valence-corrected chi connectivity index (χ0v) is 10.9. The van der Waals surface area contributed by atoms with Gasteiger partial charge in [0.15, 0.2) is 11.4 Å². The second kappa shape index (κ2) is 3.86. The number of ether oxygens (including phenoxy) is 1. The van der Waals surface area contributed by atoms with Gasteiger partial charge in [0.25, 0.3) is 5.56 Å². The van der Waals surface area contributed by atoms with E-state index in [2.05, 4.69) is 10.1 Å². The molecule has 96 valence electrons. The molecular formula is C13H17N3O2. The van der Waals surface area contributed by atoms with Crippen LogP contribution in [0.1, 0.15) is 49.8 Å². The molecule has 0 radical (unpaired) electrons. The normalized spacial score (nSPS) is 15.6. The molecule has 5 heteroatoms. The Morgan fingerprint density at radius 2 is 2.22 bits per heavy atom. The summed E-state index contributed by atoms with van der Waals surface area (Å²) in [5, 5.41) is 4.44. The third kappa shape index (κ3) is 1.54. The van der Waals surface area contributed by atoms with Crippen LogP contribution in [0.25, 0.3) is 5.65 Å². The van der Waals surface area contributed by atoms with Gasteiger partial charge in [0, 0.05) is 17.7 Å². The molecule has 0 bridgehead atoms. The molecule has 0 aromatic carbocycles. The van der Waals surface area contributed by atoms with E-state index < -0.39 is 0 Å². The van der Waals surface area contributed by atoms with Crippen LogP contribution in [0.15, 0.2) is 11.0 Å². The average Bonchev–Trinajstić information content (AvgIpc) is 3.10. The largest absolute Gasteiger partial charge is 0.491 e. The van der Waals surface area contributed by atoms with E-state index in [0.29, 0.717) is 17.3 Å². The summed E-state index contributed by atoms with van der Waals surface area (Å²) >= 11 is 0. The Hall–Kier alpha value is -1.78. The third-order valence-electron chi connectivity index (χ3n) is 3.46. The molecule has 0 amide bonds.